The van der Waals surface area contributed by atoms with Crippen molar-refractivity contribution in [3.05, 3.63) is 48.6 Å². The van der Waals surface area contributed by atoms with Gasteiger partial charge in [-0.1, -0.05) is 137 Å². The van der Waals surface area contributed by atoms with Crippen LogP contribution in [0.15, 0.2) is 37.4 Å². The molecule has 1 rings (SSSR count). The molecule has 0 aromatic heterocycles. The van der Waals surface area contributed by atoms with Gasteiger partial charge in [0.1, 0.15) is 0 Å². The Morgan fingerprint density at radius 3 is 1.24 bits per heavy atom. The van der Waals surface area contributed by atoms with E-state index in [1.807, 2.05) is 31.2 Å². The molecule has 0 aliphatic carbocycles. The maximum absolute atomic E-state index is 5.15. The van der Waals surface area contributed by atoms with Crippen molar-refractivity contribution in [2.45, 2.75) is 121 Å². The van der Waals surface area contributed by atoms with E-state index in [1.165, 1.54) is 56.9 Å². The molecule has 0 aliphatic heterocycles. The summed E-state index contributed by atoms with van der Waals surface area (Å²) in [7, 11) is 0. The molecule has 0 heterocycles. The van der Waals surface area contributed by atoms with Crippen molar-refractivity contribution in [1.82, 2.24) is 0 Å². The normalized spacial score (nSPS) is 7.93. The van der Waals surface area contributed by atoms with Crippen LogP contribution in [0.5, 0.6) is 0 Å². The number of hydrogen-bond donors (Lipinski definition) is 0. The summed E-state index contributed by atoms with van der Waals surface area (Å²) in [6.45, 7) is 27.8. The smallest absolute Gasteiger partial charge is 0.0242 e. The predicted octanol–water partition coefficient (Wildman–Crippen LogP) is 10.6. The molecule has 0 nitrogen and oxygen atoms in total. The number of terminal acetylenes is 1. The highest BCUT2D eigenvalue weighted by atomic mass is 13.9. The minimum absolute atomic E-state index is 0.935. The highest BCUT2D eigenvalue weighted by Gasteiger charge is 1.88. The van der Waals surface area contributed by atoms with E-state index in [0.29, 0.717) is 0 Å². The highest BCUT2D eigenvalue weighted by Crippen LogP contribution is 2.03. The highest BCUT2D eigenvalue weighted by molar-refractivity contribution is 5.33. The third-order valence-corrected chi connectivity index (χ3v) is 3.82. The Hall–Kier alpha value is -1.48. The van der Waals surface area contributed by atoms with Crippen molar-refractivity contribution in [3.63, 3.8) is 0 Å². The first-order valence-electron chi connectivity index (χ1n) is 11.9. The fraction of sp³-hybridized carbons (Fsp3) is 0.655. The average molecular weight is 405 g/mol. The summed E-state index contributed by atoms with van der Waals surface area (Å²) in [6.07, 6.45) is 15.8. The van der Waals surface area contributed by atoms with Crippen molar-refractivity contribution in [2.24, 2.45) is 5.92 Å². The lowest BCUT2D eigenvalue weighted by atomic mass is 10.1. The summed E-state index contributed by atoms with van der Waals surface area (Å²) >= 11 is 0. The Morgan fingerprint density at radius 2 is 1.10 bits per heavy atom. The van der Waals surface area contributed by atoms with E-state index in [2.05, 4.69) is 81.4 Å². The molecule has 0 saturated carbocycles. The van der Waals surface area contributed by atoms with Gasteiger partial charge in [-0.3, -0.25) is 0 Å². The Morgan fingerprint density at radius 1 is 0.759 bits per heavy atom. The molecule has 1 aromatic rings. The van der Waals surface area contributed by atoms with Gasteiger partial charge in [0.05, 0.1) is 0 Å². The summed E-state index contributed by atoms with van der Waals surface area (Å²) in [5.74, 6) is 3.49. The van der Waals surface area contributed by atoms with Crippen LogP contribution in [0.2, 0.25) is 0 Å². The second-order valence-electron chi connectivity index (χ2n) is 6.99. The second kappa shape index (κ2) is 41.0. The van der Waals surface area contributed by atoms with Crippen LogP contribution in [0, 0.1) is 25.2 Å². The first-order chi connectivity index (χ1) is 13.9. The SMILES string of the molecule is C#Cc1ccc(C)cc1.C=C.CCC.CCC(C)CC.CCCC.CCCCC. The van der Waals surface area contributed by atoms with Crippen LogP contribution in [0.4, 0.5) is 0 Å². The van der Waals surface area contributed by atoms with Crippen molar-refractivity contribution in [3.8, 4) is 12.3 Å². The standard InChI is InChI=1S/C9H8.C6H14.C5H12.C4H10.C3H8.C2H4/c1-3-9-6-4-8(2)5-7-9;1-4-6(3)5-2;1-3-5-4-2;1-3-4-2;1-3-2;1-2/h1,4-7H,2H3;6H,4-5H2,1-3H3;3-5H2,1-2H3;3-4H2,1-2H3;3H2,1-2H3;1-2H2. The summed E-state index contributed by atoms with van der Waals surface area (Å²) in [5, 5.41) is 0. The molecule has 0 unspecified atom stereocenters. The van der Waals surface area contributed by atoms with Crippen molar-refractivity contribution >= 4 is 0 Å². The predicted molar refractivity (Wildman–Crippen MR) is 142 cm³/mol. The van der Waals surface area contributed by atoms with Gasteiger partial charge in [-0.25, -0.2) is 0 Å². The van der Waals surface area contributed by atoms with Crippen LogP contribution in [-0.2, 0) is 0 Å². The number of unbranched alkanes of at least 4 members (excludes halogenated alkanes) is 3. The van der Waals surface area contributed by atoms with Crippen molar-refractivity contribution in [2.75, 3.05) is 0 Å². The fourth-order valence-corrected chi connectivity index (χ4v) is 1.29. The number of aryl methyl sites for hydroxylation is 1. The van der Waals surface area contributed by atoms with Gasteiger partial charge in [0.25, 0.3) is 0 Å². The lowest BCUT2D eigenvalue weighted by Gasteiger charge is -1.98. The van der Waals surface area contributed by atoms with E-state index in [9.17, 15) is 0 Å². The molecule has 0 amide bonds. The molecule has 0 spiro atoms. The summed E-state index contributed by atoms with van der Waals surface area (Å²) in [6, 6.07) is 7.90. The summed E-state index contributed by atoms with van der Waals surface area (Å²) < 4.78 is 0. The monoisotopic (exact) mass is 404 g/mol. The van der Waals surface area contributed by atoms with Gasteiger partial charge in [0.2, 0.25) is 0 Å². The van der Waals surface area contributed by atoms with E-state index in [0.717, 1.165) is 11.5 Å². The van der Waals surface area contributed by atoms with Gasteiger partial charge in [-0.05, 0) is 25.0 Å². The Bertz CT molecular complexity index is 371. The second-order valence-corrected chi connectivity index (χ2v) is 6.99. The lowest BCUT2D eigenvalue weighted by molar-refractivity contribution is 0.544. The molecule has 0 fully saturated rings. The molecule has 29 heavy (non-hydrogen) atoms. The third kappa shape index (κ3) is 51.9. The topological polar surface area (TPSA) is 0 Å². The number of benzene rings is 1. The van der Waals surface area contributed by atoms with Gasteiger partial charge >= 0.3 is 0 Å². The molecule has 0 saturated heterocycles. The Balaban J connectivity index is -0.0000000854. The zero-order valence-corrected chi connectivity index (χ0v) is 22.0. The van der Waals surface area contributed by atoms with E-state index < -0.39 is 0 Å². The van der Waals surface area contributed by atoms with Gasteiger partial charge in [0, 0.05) is 5.56 Å². The molecule has 0 aliphatic rings. The van der Waals surface area contributed by atoms with Crippen molar-refractivity contribution < 1.29 is 0 Å². The van der Waals surface area contributed by atoms with Crippen LogP contribution in [-0.4, -0.2) is 0 Å². The van der Waals surface area contributed by atoms with E-state index in [1.54, 1.807) is 0 Å². The molecule has 0 bridgehead atoms. The van der Waals surface area contributed by atoms with Gasteiger partial charge in [-0.2, -0.15) is 0 Å². The van der Waals surface area contributed by atoms with Crippen LogP contribution >= 0.6 is 0 Å². The maximum atomic E-state index is 5.15. The van der Waals surface area contributed by atoms with Gasteiger partial charge in [-0.15, -0.1) is 19.6 Å². The van der Waals surface area contributed by atoms with Crippen LogP contribution < -0.4 is 0 Å². The molecular weight excluding hydrogens is 348 g/mol. The molecule has 1 aromatic carbocycles. The molecule has 0 radical (unpaired) electrons. The van der Waals surface area contributed by atoms with E-state index in [4.69, 9.17) is 6.42 Å². The van der Waals surface area contributed by atoms with Crippen LogP contribution in [0.1, 0.15) is 125 Å². The van der Waals surface area contributed by atoms with Crippen LogP contribution in [0.25, 0.3) is 0 Å². The maximum Gasteiger partial charge on any atom is 0.0242 e. The Kier molecular flexibility index (Phi) is 54.0. The number of hydrogen-bond acceptors (Lipinski definition) is 0. The first-order valence-corrected chi connectivity index (χ1v) is 11.9. The Labute approximate surface area is 187 Å². The first kappa shape index (κ1) is 38.2. The minimum atomic E-state index is 0.935. The average Bonchev–Trinajstić information content (AvgIpc) is 2.77. The summed E-state index contributed by atoms with van der Waals surface area (Å²) in [5.41, 5.74) is 2.19. The molecule has 0 heteroatoms. The van der Waals surface area contributed by atoms with Gasteiger partial charge in [0.15, 0.2) is 0 Å². The zero-order chi connectivity index (χ0) is 23.9. The van der Waals surface area contributed by atoms with E-state index >= 15 is 0 Å². The fourth-order valence-electron chi connectivity index (χ4n) is 1.29. The summed E-state index contributed by atoms with van der Waals surface area (Å²) in [4.78, 5) is 0. The number of rotatable bonds is 5. The molecule has 0 N–H and O–H groups in total. The third-order valence-electron chi connectivity index (χ3n) is 3.82. The van der Waals surface area contributed by atoms with Crippen molar-refractivity contribution in [1.29, 1.82) is 0 Å². The van der Waals surface area contributed by atoms with E-state index in [-0.39, 0.29) is 0 Å². The molecule has 172 valence electrons. The van der Waals surface area contributed by atoms with Crippen LogP contribution in [0.3, 0.4) is 0 Å². The lowest BCUT2D eigenvalue weighted by Crippen LogP contribution is -1.85. The quantitative estimate of drug-likeness (QED) is 0.338. The molecule has 0 atom stereocenters. The molecular formula is C29H56. The van der Waals surface area contributed by atoms with Gasteiger partial charge < -0.3 is 0 Å². The largest absolute Gasteiger partial charge is 0.115 e. The minimum Gasteiger partial charge on any atom is -0.115 e. The zero-order valence-electron chi connectivity index (χ0n) is 22.0.